The summed E-state index contributed by atoms with van der Waals surface area (Å²) in [6, 6.07) is 8.24. The molecule has 3 rings (SSSR count). The van der Waals surface area contributed by atoms with Crippen LogP contribution in [0, 0.1) is 11.3 Å². The van der Waals surface area contributed by atoms with E-state index in [-0.39, 0.29) is 11.3 Å². The number of ketones is 1. The predicted octanol–water partition coefficient (Wildman–Crippen LogP) is 5.30. The maximum absolute atomic E-state index is 12.9. The fourth-order valence-corrected chi connectivity index (χ4v) is 4.29. The number of fused-ring (bicyclic) bond motifs is 1. The molecule has 1 atom stereocenters. The molecule has 0 aliphatic heterocycles. The van der Waals surface area contributed by atoms with Crippen LogP contribution >= 0.6 is 11.3 Å². The van der Waals surface area contributed by atoms with Crippen LogP contribution in [-0.4, -0.2) is 5.78 Å². The lowest BCUT2D eigenvalue weighted by atomic mass is 9.66. The Labute approximate surface area is 118 Å². The van der Waals surface area contributed by atoms with Gasteiger partial charge in [0.25, 0.3) is 0 Å². The zero-order chi connectivity index (χ0) is 13.5. The van der Waals surface area contributed by atoms with Crippen molar-refractivity contribution in [2.75, 3.05) is 0 Å². The van der Waals surface area contributed by atoms with Crippen molar-refractivity contribution in [3.8, 4) is 0 Å². The number of carbonyl (C=O) groups is 1. The van der Waals surface area contributed by atoms with Crippen LogP contribution in [0.4, 0.5) is 0 Å². The monoisotopic (exact) mass is 272 g/mol. The minimum absolute atomic E-state index is 0.151. The predicted molar refractivity (Wildman–Crippen MR) is 81.9 cm³/mol. The van der Waals surface area contributed by atoms with E-state index in [4.69, 9.17) is 0 Å². The van der Waals surface area contributed by atoms with E-state index < -0.39 is 0 Å². The van der Waals surface area contributed by atoms with E-state index in [1.54, 1.807) is 11.3 Å². The third-order valence-electron chi connectivity index (χ3n) is 4.57. The molecule has 1 heterocycles. The molecule has 1 fully saturated rings. The van der Waals surface area contributed by atoms with Crippen molar-refractivity contribution >= 4 is 27.2 Å². The first-order valence-electron chi connectivity index (χ1n) is 7.10. The van der Waals surface area contributed by atoms with Gasteiger partial charge in [-0.3, -0.25) is 4.79 Å². The largest absolute Gasteiger partial charge is 0.294 e. The SMILES string of the molecule is CC1(C)CCCCC1C(=O)c1csc2ccccc12. The Morgan fingerprint density at radius 1 is 1.26 bits per heavy atom. The summed E-state index contributed by atoms with van der Waals surface area (Å²) in [7, 11) is 0. The summed E-state index contributed by atoms with van der Waals surface area (Å²) >= 11 is 1.69. The van der Waals surface area contributed by atoms with E-state index in [1.807, 2.05) is 12.1 Å². The molecule has 2 aromatic rings. The van der Waals surface area contributed by atoms with E-state index in [0.717, 1.165) is 17.4 Å². The summed E-state index contributed by atoms with van der Waals surface area (Å²) in [5.41, 5.74) is 1.10. The maximum Gasteiger partial charge on any atom is 0.167 e. The molecule has 1 aliphatic rings. The van der Waals surface area contributed by atoms with Gasteiger partial charge in [0.2, 0.25) is 0 Å². The molecule has 1 aliphatic carbocycles. The van der Waals surface area contributed by atoms with Crippen LogP contribution in [0.3, 0.4) is 0 Å². The fraction of sp³-hybridized carbons (Fsp3) is 0.471. The number of carbonyl (C=O) groups excluding carboxylic acids is 1. The summed E-state index contributed by atoms with van der Waals surface area (Å²) in [4.78, 5) is 12.9. The molecule has 1 saturated carbocycles. The highest BCUT2D eigenvalue weighted by atomic mass is 32.1. The lowest BCUT2D eigenvalue weighted by molar-refractivity contribution is 0.0699. The second kappa shape index (κ2) is 4.75. The van der Waals surface area contributed by atoms with Gasteiger partial charge in [0.1, 0.15) is 0 Å². The van der Waals surface area contributed by atoms with Gasteiger partial charge in [-0.2, -0.15) is 0 Å². The molecule has 0 bridgehead atoms. The summed E-state index contributed by atoms with van der Waals surface area (Å²) in [6.45, 7) is 4.51. The van der Waals surface area contributed by atoms with Crippen molar-refractivity contribution in [2.24, 2.45) is 11.3 Å². The molecule has 0 amide bonds. The van der Waals surface area contributed by atoms with Gasteiger partial charge in [0, 0.05) is 26.9 Å². The van der Waals surface area contributed by atoms with Gasteiger partial charge in [-0.25, -0.2) is 0 Å². The van der Waals surface area contributed by atoms with Crippen LogP contribution in [0.25, 0.3) is 10.1 Å². The van der Waals surface area contributed by atoms with Gasteiger partial charge in [0.15, 0.2) is 5.78 Å². The van der Waals surface area contributed by atoms with Crippen LogP contribution in [0.5, 0.6) is 0 Å². The Bertz CT molecular complexity index is 609. The number of Topliss-reactive ketones (excluding diaryl/α,β-unsaturated/α-hetero) is 1. The minimum atomic E-state index is 0.151. The average molecular weight is 272 g/mol. The molecule has 1 unspecified atom stereocenters. The molecular formula is C17H20OS. The molecule has 0 spiro atoms. The average Bonchev–Trinajstić information content (AvgIpc) is 2.81. The molecule has 1 aromatic heterocycles. The summed E-state index contributed by atoms with van der Waals surface area (Å²) in [5.74, 6) is 0.557. The van der Waals surface area contributed by atoms with Crippen molar-refractivity contribution < 1.29 is 4.79 Å². The maximum atomic E-state index is 12.9. The Balaban J connectivity index is 1.99. The summed E-state index contributed by atoms with van der Waals surface area (Å²) < 4.78 is 1.22. The van der Waals surface area contributed by atoms with Crippen molar-refractivity contribution in [1.82, 2.24) is 0 Å². The van der Waals surface area contributed by atoms with Crippen molar-refractivity contribution in [2.45, 2.75) is 39.5 Å². The Morgan fingerprint density at radius 3 is 2.84 bits per heavy atom. The molecule has 1 nitrogen and oxygen atoms in total. The Kier molecular flexibility index (Phi) is 3.22. The quantitative estimate of drug-likeness (QED) is 0.678. The lowest BCUT2D eigenvalue weighted by Crippen LogP contribution is -2.34. The Hall–Kier alpha value is -1.15. The van der Waals surface area contributed by atoms with Gasteiger partial charge < -0.3 is 0 Å². The van der Waals surface area contributed by atoms with Gasteiger partial charge in [-0.05, 0) is 24.3 Å². The second-order valence-corrected chi connectivity index (χ2v) is 7.21. The topological polar surface area (TPSA) is 17.1 Å². The standard InChI is InChI=1S/C17H20OS/c1-17(2)10-6-5-8-14(17)16(18)13-11-19-15-9-4-3-7-12(13)15/h3-4,7,9,11,14H,5-6,8,10H2,1-2H3. The minimum Gasteiger partial charge on any atom is -0.294 e. The van der Waals surface area contributed by atoms with Gasteiger partial charge >= 0.3 is 0 Å². The van der Waals surface area contributed by atoms with Gasteiger partial charge in [0.05, 0.1) is 0 Å². The van der Waals surface area contributed by atoms with Crippen molar-refractivity contribution in [3.63, 3.8) is 0 Å². The summed E-state index contributed by atoms with van der Waals surface area (Å²) in [6.07, 6.45) is 4.69. The third kappa shape index (κ3) is 2.23. The summed E-state index contributed by atoms with van der Waals surface area (Å²) in [5, 5.41) is 3.19. The van der Waals surface area contributed by atoms with Crippen LogP contribution in [-0.2, 0) is 0 Å². The van der Waals surface area contributed by atoms with E-state index in [9.17, 15) is 4.79 Å². The molecule has 2 heteroatoms. The number of hydrogen-bond donors (Lipinski definition) is 0. The second-order valence-electron chi connectivity index (χ2n) is 6.30. The molecule has 0 N–H and O–H groups in total. The van der Waals surface area contributed by atoms with E-state index >= 15 is 0 Å². The van der Waals surface area contributed by atoms with Gasteiger partial charge in [-0.15, -0.1) is 11.3 Å². The number of benzene rings is 1. The highest BCUT2D eigenvalue weighted by Crippen LogP contribution is 2.43. The molecule has 0 saturated heterocycles. The highest BCUT2D eigenvalue weighted by molar-refractivity contribution is 7.17. The number of rotatable bonds is 2. The molecule has 19 heavy (non-hydrogen) atoms. The van der Waals surface area contributed by atoms with E-state index in [1.165, 1.54) is 24.0 Å². The first kappa shape index (κ1) is 12.9. The number of hydrogen-bond acceptors (Lipinski definition) is 2. The zero-order valence-corrected chi connectivity index (χ0v) is 12.4. The zero-order valence-electron chi connectivity index (χ0n) is 11.6. The Morgan fingerprint density at radius 2 is 2.05 bits per heavy atom. The number of thiophene rings is 1. The van der Waals surface area contributed by atoms with Crippen molar-refractivity contribution in [1.29, 1.82) is 0 Å². The van der Waals surface area contributed by atoms with Crippen LogP contribution < -0.4 is 0 Å². The first-order valence-corrected chi connectivity index (χ1v) is 7.98. The van der Waals surface area contributed by atoms with Crippen molar-refractivity contribution in [3.05, 3.63) is 35.2 Å². The molecule has 0 radical (unpaired) electrons. The van der Waals surface area contributed by atoms with Gasteiger partial charge in [-0.1, -0.05) is 44.9 Å². The molecule has 100 valence electrons. The van der Waals surface area contributed by atoms with E-state index in [0.29, 0.717) is 5.78 Å². The fourth-order valence-electron chi connectivity index (χ4n) is 3.34. The smallest absolute Gasteiger partial charge is 0.167 e. The normalized spacial score (nSPS) is 22.5. The van der Waals surface area contributed by atoms with Crippen LogP contribution in [0.1, 0.15) is 49.9 Å². The third-order valence-corrected chi connectivity index (χ3v) is 5.53. The van der Waals surface area contributed by atoms with Crippen LogP contribution in [0.2, 0.25) is 0 Å². The lowest BCUT2D eigenvalue weighted by Gasteiger charge is -2.37. The highest BCUT2D eigenvalue weighted by Gasteiger charge is 2.37. The molecule has 1 aromatic carbocycles. The van der Waals surface area contributed by atoms with Crippen LogP contribution in [0.15, 0.2) is 29.6 Å². The van der Waals surface area contributed by atoms with E-state index in [2.05, 4.69) is 31.4 Å². The molecular weight excluding hydrogens is 252 g/mol. The first-order chi connectivity index (χ1) is 9.09.